The molecule has 1 aromatic carbocycles. The Morgan fingerprint density at radius 2 is 1.85 bits per heavy atom. The minimum Gasteiger partial charge on any atom is -0.494 e. The third-order valence-corrected chi connectivity index (χ3v) is 4.37. The predicted octanol–water partition coefficient (Wildman–Crippen LogP) is 4.39. The van der Waals surface area contributed by atoms with E-state index in [1.54, 1.807) is 0 Å². The van der Waals surface area contributed by atoms with Gasteiger partial charge in [0.05, 0.1) is 6.61 Å². The van der Waals surface area contributed by atoms with Crippen molar-refractivity contribution in [3.8, 4) is 5.75 Å². The number of rotatable bonds is 8. The molecule has 1 atom stereocenters. The molecule has 0 heterocycles. The Hall–Kier alpha value is -1.02. The van der Waals surface area contributed by atoms with Crippen LogP contribution in [0, 0.1) is 11.8 Å². The Morgan fingerprint density at radius 1 is 1.15 bits per heavy atom. The molecule has 1 unspecified atom stereocenters. The molecule has 0 spiro atoms. The van der Waals surface area contributed by atoms with Crippen molar-refractivity contribution < 1.29 is 4.74 Å². The second-order valence-electron chi connectivity index (χ2n) is 6.54. The highest BCUT2D eigenvalue weighted by Crippen LogP contribution is 2.29. The fraction of sp³-hybridized carbons (Fsp3) is 0.667. The third kappa shape index (κ3) is 4.82. The lowest BCUT2D eigenvalue weighted by Crippen LogP contribution is -2.36. The van der Waals surface area contributed by atoms with E-state index in [4.69, 9.17) is 4.74 Å². The lowest BCUT2D eigenvalue weighted by molar-refractivity contribution is 0.240. The van der Waals surface area contributed by atoms with E-state index in [-0.39, 0.29) is 0 Å². The normalized spacial score (nSPS) is 17.0. The first kappa shape index (κ1) is 15.4. The van der Waals surface area contributed by atoms with Crippen LogP contribution in [0.5, 0.6) is 5.75 Å². The number of ether oxygens (including phenoxy) is 1. The second kappa shape index (κ2) is 7.68. The van der Waals surface area contributed by atoms with E-state index in [1.165, 1.54) is 24.8 Å². The molecule has 2 nitrogen and oxygen atoms in total. The van der Waals surface area contributed by atoms with Gasteiger partial charge in [0.1, 0.15) is 5.75 Å². The Balaban J connectivity index is 1.70. The summed E-state index contributed by atoms with van der Waals surface area (Å²) < 4.78 is 5.74. The van der Waals surface area contributed by atoms with Crippen LogP contribution in [0.25, 0.3) is 0 Å². The quantitative estimate of drug-likeness (QED) is 0.759. The zero-order valence-electron chi connectivity index (χ0n) is 13.2. The molecule has 0 amide bonds. The lowest BCUT2D eigenvalue weighted by atomic mass is 9.80. The Kier molecular flexibility index (Phi) is 5.90. The molecule has 1 aliphatic rings. The largest absolute Gasteiger partial charge is 0.494 e. The van der Waals surface area contributed by atoms with Gasteiger partial charge in [-0.3, -0.25) is 0 Å². The number of hydrogen-bond donors (Lipinski definition) is 1. The summed E-state index contributed by atoms with van der Waals surface area (Å²) in [4.78, 5) is 0. The first-order valence-corrected chi connectivity index (χ1v) is 8.10. The first-order valence-electron chi connectivity index (χ1n) is 8.10. The average molecular weight is 275 g/mol. The fourth-order valence-electron chi connectivity index (χ4n) is 2.50. The smallest absolute Gasteiger partial charge is 0.119 e. The molecule has 1 fully saturated rings. The molecular weight excluding hydrogens is 246 g/mol. The van der Waals surface area contributed by atoms with Crippen molar-refractivity contribution in [1.29, 1.82) is 0 Å². The number of benzene rings is 1. The summed E-state index contributed by atoms with van der Waals surface area (Å²) >= 11 is 0. The van der Waals surface area contributed by atoms with E-state index in [9.17, 15) is 0 Å². The van der Waals surface area contributed by atoms with E-state index in [0.717, 1.165) is 31.2 Å². The van der Waals surface area contributed by atoms with Crippen LogP contribution in [0.3, 0.4) is 0 Å². The summed E-state index contributed by atoms with van der Waals surface area (Å²) in [5.41, 5.74) is 1.34. The van der Waals surface area contributed by atoms with Crippen LogP contribution < -0.4 is 10.1 Å². The molecule has 1 N–H and O–H groups in total. The van der Waals surface area contributed by atoms with Crippen LogP contribution in [0.2, 0.25) is 0 Å². The predicted molar refractivity (Wildman–Crippen MR) is 85.0 cm³/mol. The highest BCUT2D eigenvalue weighted by Gasteiger charge is 2.23. The van der Waals surface area contributed by atoms with Gasteiger partial charge in [0.2, 0.25) is 0 Å². The Labute approximate surface area is 123 Å². The molecular formula is C18H29NO. The third-order valence-electron chi connectivity index (χ3n) is 4.37. The molecule has 1 aromatic rings. The summed E-state index contributed by atoms with van der Waals surface area (Å²) in [7, 11) is 0. The van der Waals surface area contributed by atoms with Gasteiger partial charge >= 0.3 is 0 Å². The maximum atomic E-state index is 5.74. The van der Waals surface area contributed by atoms with Crippen LogP contribution in [0.15, 0.2) is 24.3 Å². The van der Waals surface area contributed by atoms with Gasteiger partial charge in [-0.15, -0.1) is 0 Å². The van der Waals surface area contributed by atoms with Crippen molar-refractivity contribution in [3.63, 3.8) is 0 Å². The van der Waals surface area contributed by atoms with Crippen molar-refractivity contribution in [3.05, 3.63) is 29.8 Å². The molecule has 2 rings (SSSR count). The van der Waals surface area contributed by atoms with Gasteiger partial charge in [-0.25, -0.2) is 0 Å². The van der Waals surface area contributed by atoms with Gasteiger partial charge in [-0.1, -0.05) is 32.4 Å². The van der Waals surface area contributed by atoms with Gasteiger partial charge in [0, 0.05) is 12.6 Å². The Bertz CT molecular complexity index is 381. The number of hydrogen-bond acceptors (Lipinski definition) is 2. The van der Waals surface area contributed by atoms with Crippen LogP contribution in [0.4, 0.5) is 0 Å². The summed E-state index contributed by atoms with van der Waals surface area (Å²) in [5, 5.41) is 3.64. The summed E-state index contributed by atoms with van der Waals surface area (Å²) in [5.74, 6) is 2.58. The molecule has 112 valence electrons. The van der Waals surface area contributed by atoms with Gasteiger partial charge in [0.15, 0.2) is 0 Å². The zero-order chi connectivity index (χ0) is 14.4. The molecule has 1 saturated carbocycles. The second-order valence-corrected chi connectivity index (χ2v) is 6.54. The topological polar surface area (TPSA) is 21.3 Å². The summed E-state index contributed by atoms with van der Waals surface area (Å²) in [6.45, 7) is 8.54. The monoisotopic (exact) mass is 275 g/mol. The van der Waals surface area contributed by atoms with Crippen LogP contribution in [-0.2, 0) is 6.54 Å². The summed E-state index contributed by atoms with van der Waals surface area (Å²) in [6.07, 6.45) is 5.33. The van der Waals surface area contributed by atoms with Crippen molar-refractivity contribution in [2.75, 3.05) is 6.61 Å². The minimum absolute atomic E-state index is 0.644. The van der Waals surface area contributed by atoms with Crippen LogP contribution >= 0.6 is 0 Å². The fourth-order valence-corrected chi connectivity index (χ4v) is 2.50. The van der Waals surface area contributed by atoms with Gasteiger partial charge in [0.25, 0.3) is 0 Å². The van der Waals surface area contributed by atoms with E-state index in [1.807, 2.05) is 0 Å². The standard InChI is InChI=1S/C18H29NO/c1-14(2)11-12-20-18-9-7-16(8-10-18)13-19-15(3)17-5-4-6-17/h7-10,14-15,17,19H,4-6,11-13H2,1-3H3. The van der Waals surface area contributed by atoms with E-state index < -0.39 is 0 Å². The van der Waals surface area contributed by atoms with Crippen molar-refractivity contribution >= 4 is 0 Å². The maximum Gasteiger partial charge on any atom is 0.119 e. The molecule has 0 radical (unpaired) electrons. The van der Waals surface area contributed by atoms with Crippen molar-refractivity contribution in [2.45, 2.75) is 59.0 Å². The molecule has 0 saturated heterocycles. The molecule has 0 aliphatic heterocycles. The van der Waals surface area contributed by atoms with Crippen molar-refractivity contribution in [1.82, 2.24) is 5.32 Å². The van der Waals surface area contributed by atoms with E-state index >= 15 is 0 Å². The van der Waals surface area contributed by atoms with Crippen LogP contribution in [0.1, 0.15) is 52.0 Å². The minimum atomic E-state index is 0.644. The SMILES string of the molecule is CC(C)CCOc1ccc(CNC(C)C2CCC2)cc1. The lowest BCUT2D eigenvalue weighted by Gasteiger charge is -2.32. The highest BCUT2D eigenvalue weighted by atomic mass is 16.5. The molecule has 2 heteroatoms. The molecule has 0 aromatic heterocycles. The van der Waals surface area contributed by atoms with Gasteiger partial charge < -0.3 is 10.1 Å². The highest BCUT2D eigenvalue weighted by molar-refractivity contribution is 5.27. The van der Waals surface area contributed by atoms with E-state index in [2.05, 4.69) is 50.4 Å². The first-order chi connectivity index (χ1) is 9.65. The number of nitrogens with one attached hydrogen (secondary N) is 1. The summed E-state index contributed by atoms with van der Waals surface area (Å²) in [6, 6.07) is 9.17. The van der Waals surface area contributed by atoms with Crippen LogP contribution in [-0.4, -0.2) is 12.6 Å². The molecule has 0 bridgehead atoms. The maximum absolute atomic E-state index is 5.74. The average Bonchev–Trinajstić information content (AvgIpc) is 2.35. The molecule has 20 heavy (non-hydrogen) atoms. The van der Waals surface area contributed by atoms with Gasteiger partial charge in [-0.05, 0) is 55.7 Å². The zero-order valence-corrected chi connectivity index (χ0v) is 13.2. The van der Waals surface area contributed by atoms with E-state index in [0.29, 0.717) is 12.0 Å². The Morgan fingerprint density at radius 3 is 2.40 bits per heavy atom. The van der Waals surface area contributed by atoms with Crippen molar-refractivity contribution in [2.24, 2.45) is 11.8 Å². The van der Waals surface area contributed by atoms with Gasteiger partial charge in [-0.2, -0.15) is 0 Å². The molecule has 1 aliphatic carbocycles.